The number of fused-ring (bicyclic) bond motifs is 1. The lowest BCUT2D eigenvalue weighted by Crippen LogP contribution is -2.22. The van der Waals surface area contributed by atoms with Gasteiger partial charge in [0.25, 0.3) is 5.56 Å². The first-order chi connectivity index (χ1) is 20.7. The molecule has 6 nitrogen and oxygen atoms in total. The van der Waals surface area contributed by atoms with E-state index in [4.69, 9.17) is 26.7 Å². The van der Waals surface area contributed by atoms with Gasteiger partial charge in [-0.05, 0) is 81.1 Å². The van der Waals surface area contributed by atoms with E-state index in [2.05, 4.69) is 17.1 Å². The second-order valence-corrected chi connectivity index (χ2v) is 12.3. The number of ether oxygens (including phenoxy) is 2. The van der Waals surface area contributed by atoms with E-state index in [-0.39, 0.29) is 11.2 Å². The SMILES string of the molecule is CC(C)(C)OC(=S)CCCCCOc1cccc(Cc2nc3c(Cc4ccccc4)[nH]c(-c4ccccc4)cn-3c2=O)c1. The zero-order chi connectivity index (χ0) is 30.2. The van der Waals surface area contributed by atoms with Gasteiger partial charge in [0, 0.05) is 25.5 Å². The maximum absolute atomic E-state index is 13.6. The Kier molecular flexibility index (Phi) is 9.72. The van der Waals surface area contributed by atoms with E-state index in [1.807, 2.05) is 99.8 Å². The van der Waals surface area contributed by atoms with Gasteiger partial charge in [-0.1, -0.05) is 72.8 Å². The number of thiocarbonyl (C=S) groups is 1. The van der Waals surface area contributed by atoms with E-state index in [1.54, 1.807) is 4.57 Å². The van der Waals surface area contributed by atoms with Crippen LogP contribution in [-0.4, -0.2) is 31.8 Å². The van der Waals surface area contributed by atoms with Crippen LogP contribution in [0.5, 0.6) is 5.75 Å². The van der Waals surface area contributed by atoms with Crippen molar-refractivity contribution in [1.82, 2.24) is 14.5 Å². The van der Waals surface area contributed by atoms with Crippen LogP contribution in [0, 0.1) is 0 Å². The molecule has 0 aliphatic carbocycles. The van der Waals surface area contributed by atoms with Crippen molar-refractivity contribution in [3.05, 3.63) is 124 Å². The molecule has 0 spiro atoms. The predicted octanol–water partition coefficient (Wildman–Crippen LogP) is 7.93. The maximum atomic E-state index is 13.6. The Hall–Kier alpha value is -4.23. The van der Waals surface area contributed by atoms with Gasteiger partial charge in [0.05, 0.1) is 18.0 Å². The minimum absolute atomic E-state index is 0.102. The number of nitrogens with zero attached hydrogens (tertiary/aromatic N) is 2. The third-order valence-corrected chi connectivity index (χ3v) is 7.33. The molecule has 0 bridgehead atoms. The Balaban J connectivity index is 1.28. The summed E-state index contributed by atoms with van der Waals surface area (Å²) >= 11 is 5.34. The number of benzene rings is 3. The smallest absolute Gasteiger partial charge is 0.278 e. The molecule has 0 aromatic heterocycles. The van der Waals surface area contributed by atoms with Crippen LogP contribution in [0.4, 0.5) is 0 Å². The summed E-state index contributed by atoms with van der Waals surface area (Å²) in [6.07, 6.45) is 6.64. The highest BCUT2D eigenvalue weighted by molar-refractivity contribution is 7.80. The molecule has 7 heteroatoms. The van der Waals surface area contributed by atoms with E-state index >= 15 is 0 Å². The summed E-state index contributed by atoms with van der Waals surface area (Å²) < 4.78 is 13.5. The van der Waals surface area contributed by atoms with Gasteiger partial charge in [0.1, 0.15) is 17.0 Å². The first-order valence-electron chi connectivity index (χ1n) is 14.9. The summed E-state index contributed by atoms with van der Waals surface area (Å²) in [4.78, 5) is 22.1. The summed E-state index contributed by atoms with van der Waals surface area (Å²) in [6, 6.07) is 28.2. The number of nitrogens with one attached hydrogen (secondary N) is 1. The molecule has 0 atom stereocenters. The molecule has 2 heterocycles. The standard InChI is InChI=1S/C36H39N3O3S/c1-36(2,3)42-33(43)20-11-6-12-21-41-29-19-13-16-27(22-29)24-31-35(40)39-25-32(28-17-9-5-10-18-28)37-30(34(39)38-31)23-26-14-7-4-8-15-26/h4-5,7-10,13-19,22,25,37H,6,11-12,20-21,23-24H2,1-3H3. The highest BCUT2D eigenvalue weighted by Gasteiger charge is 2.20. The van der Waals surface area contributed by atoms with Gasteiger partial charge in [-0.3, -0.25) is 9.36 Å². The van der Waals surface area contributed by atoms with Crippen molar-refractivity contribution in [3.8, 4) is 22.8 Å². The summed E-state index contributed by atoms with van der Waals surface area (Å²) in [6.45, 7) is 6.66. The minimum Gasteiger partial charge on any atom is -0.494 e. The zero-order valence-electron chi connectivity index (χ0n) is 25.1. The summed E-state index contributed by atoms with van der Waals surface area (Å²) in [5, 5.41) is 0.673. The van der Waals surface area contributed by atoms with Gasteiger partial charge >= 0.3 is 0 Å². The molecule has 0 fully saturated rings. The quantitative estimate of drug-likeness (QED) is 0.118. The van der Waals surface area contributed by atoms with Crippen LogP contribution in [0.25, 0.3) is 17.1 Å². The lowest BCUT2D eigenvalue weighted by Gasteiger charge is -2.21. The summed E-state index contributed by atoms with van der Waals surface area (Å²) in [5.74, 6) is 1.45. The number of unbranched alkanes of at least 4 members (excludes halogenated alkanes) is 2. The van der Waals surface area contributed by atoms with Gasteiger partial charge in [-0.2, -0.15) is 0 Å². The number of aromatic nitrogens is 3. The van der Waals surface area contributed by atoms with Crippen molar-refractivity contribution in [2.45, 2.75) is 64.9 Å². The third kappa shape index (κ3) is 8.42. The number of aromatic amines is 1. The first kappa shape index (κ1) is 30.2. The molecular formula is C36H39N3O3S. The molecule has 0 saturated heterocycles. The van der Waals surface area contributed by atoms with Crippen LogP contribution in [0.3, 0.4) is 0 Å². The Morgan fingerprint density at radius 2 is 1.60 bits per heavy atom. The van der Waals surface area contributed by atoms with Gasteiger partial charge in [0.2, 0.25) is 0 Å². The van der Waals surface area contributed by atoms with Crippen molar-refractivity contribution in [2.24, 2.45) is 0 Å². The fourth-order valence-electron chi connectivity index (χ4n) is 5.05. The molecule has 43 heavy (non-hydrogen) atoms. The van der Waals surface area contributed by atoms with Crippen molar-refractivity contribution in [3.63, 3.8) is 0 Å². The van der Waals surface area contributed by atoms with Gasteiger partial charge in [-0.15, -0.1) is 0 Å². The second-order valence-electron chi connectivity index (χ2n) is 11.8. The number of rotatable bonds is 12. The van der Waals surface area contributed by atoms with Crippen LogP contribution >= 0.6 is 12.2 Å². The van der Waals surface area contributed by atoms with Crippen LogP contribution in [0.2, 0.25) is 0 Å². The molecule has 222 valence electrons. The topological polar surface area (TPSA) is 69.1 Å². The Morgan fingerprint density at radius 1 is 0.884 bits per heavy atom. The molecule has 2 aliphatic heterocycles. The van der Waals surface area contributed by atoms with Crippen LogP contribution in [-0.2, 0) is 17.6 Å². The minimum atomic E-state index is -0.241. The molecule has 0 saturated carbocycles. The third-order valence-electron chi connectivity index (χ3n) is 7.04. The Bertz CT molecular complexity index is 1670. The Labute approximate surface area is 259 Å². The van der Waals surface area contributed by atoms with E-state index in [9.17, 15) is 4.79 Å². The van der Waals surface area contributed by atoms with Crippen molar-refractivity contribution < 1.29 is 9.47 Å². The average Bonchev–Trinajstić information content (AvgIpc) is 3.30. The normalized spacial score (nSPS) is 11.5. The molecule has 3 aromatic carbocycles. The van der Waals surface area contributed by atoms with E-state index in [0.29, 0.717) is 36.0 Å². The van der Waals surface area contributed by atoms with E-state index < -0.39 is 0 Å². The van der Waals surface area contributed by atoms with Crippen LogP contribution < -0.4 is 10.3 Å². The van der Waals surface area contributed by atoms with Gasteiger partial charge in [-0.25, -0.2) is 4.98 Å². The average molecular weight is 594 g/mol. The van der Waals surface area contributed by atoms with Gasteiger partial charge in [0.15, 0.2) is 10.9 Å². The fraction of sp³-hybridized carbons (Fsp3) is 0.306. The lowest BCUT2D eigenvalue weighted by molar-refractivity contribution is 0.117. The number of hydrogen-bond donors (Lipinski definition) is 1. The molecule has 3 aromatic rings. The van der Waals surface area contributed by atoms with Crippen molar-refractivity contribution >= 4 is 17.3 Å². The predicted molar refractivity (Wildman–Crippen MR) is 177 cm³/mol. The first-order valence-corrected chi connectivity index (χ1v) is 15.3. The summed E-state index contributed by atoms with van der Waals surface area (Å²) in [7, 11) is 0. The highest BCUT2D eigenvalue weighted by atomic mass is 32.1. The van der Waals surface area contributed by atoms with Crippen LogP contribution in [0.1, 0.15) is 69.0 Å². The molecule has 0 amide bonds. The van der Waals surface area contributed by atoms with Crippen molar-refractivity contribution in [1.29, 1.82) is 0 Å². The second kappa shape index (κ2) is 13.8. The van der Waals surface area contributed by atoms with Gasteiger partial charge < -0.3 is 14.5 Å². The fourth-order valence-corrected chi connectivity index (χ4v) is 5.44. The van der Waals surface area contributed by atoms with Crippen molar-refractivity contribution in [2.75, 3.05) is 6.61 Å². The molecule has 2 aliphatic rings. The zero-order valence-corrected chi connectivity index (χ0v) is 26.0. The lowest BCUT2D eigenvalue weighted by atomic mass is 10.1. The summed E-state index contributed by atoms with van der Waals surface area (Å²) in [5.41, 5.74) is 5.09. The molecule has 1 N–H and O–H groups in total. The molecule has 0 radical (unpaired) electrons. The molecular weight excluding hydrogens is 554 g/mol. The van der Waals surface area contributed by atoms with Crippen LogP contribution in [0.15, 0.2) is 95.9 Å². The Morgan fingerprint density at radius 3 is 2.35 bits per heavy atom. The largest absolute Gasteiger partial charge is 0.494 e. The number of hydrogen-bond acceptors (Lipinski definition) is 5. The maximum Gasteiger partial charge on any atom is 0.278 e. The van der Waals surface area contributed by atoms with E-state index in [1.165, 1.54) is 0 Å². The van der Waals surface area contributed by atoms with E-state index in [0.717, 1.165) is 59.5 Å². The molecule has 0 unspecified atom stereocenters. The molecule has 5 rings (SSSR count). The monoisotopic (exact) mass is 593 g/mol. The number of imidazole rings is 1. The number of H-pyrrole nitrogens is 1. The highest BCUT2D eigenvalue weighted by Crippen LogP contribution is 2.24.